The number of nitrogens with zero attached hydrogens (tertiary/aromatic N) is 3. The van der Waals surface area contributed by atoms with Crippen LogP contribution in [0.15, 0.2) is 30.6 Å². The maximum atomic E-state index is 6.66. The van der Waals surface area contributed by atoms with Crippen LogP contribution >= 0.6 is 0 Å². The minimum atomic E-state index is -0.297. The average molecular weight is 438 g/mol. The molecule has 1 spiro atoms. The molecule has 0 bridgehead atoms. The van der Waals surface area contributed by atoms with E-state index >= 15 is 0 Å². The molecule has 2 aromatic rings. The minimum absolute atomic E-state index is 0.0718. The zero-order chi connectivity index (χ0) is 22.3. The standard InChI is InChI=1S/C26H35N3O3/c1-5-30-22-8-6-7-20-23-21(25(3,4)32-24(20)22)13-26(17-31-23)9-11-29(12-10-26)16-19-14-27-18(2)28-15-19/h6-8,14-15,21,23H,5,9-13,16-17H2,1-4H3/t21-,23+/m0/s1. The number of hydrogen-bond donors (Lipinski definition) is 0. The molecule has 32 heavy (non-hydrogen) atoms. The third-order valence-electron chi connectivity index (χ3n) is 7.62. The van der Waals surface area contributed by atoms with Crippen molar-refractivity contribution >= 4 is 0 Å². The Morgan fingerprint density at radius 1 is 1.16 bits per heavy atom. The Morgan fingerprint density at radius 2 is 1.91 bits per heavy atom. The van der Waals surface area contributed by atoms with Gasteiger partial charge in [-0.25, -0.2) is 9.97 Å². The summed E-state index contributed by atoms with van der Waals surface area (Å²) in [7, 11) is 0. The second-order valence-corrected chi connectivity index (χ2v) is 10.3. The summed E-state index contributed by atoms with van der Waals surface area (Å²) in [6.45, 7) is 12.9. The topological polar surface area (TPSA) is 56.7 Å². The van der Waals surface area contributed by atoms with Gasteiger partial charge in [-0.3, -0.25) is 4.90 Å². The number of fused-ring (bicyclic) bond motifs is 3. The second kappa shape index (κ2) is 8.31. The summed E-state index contributed by atoms with van der Waals surface area (Å²) in [4.78, 5) is 11.2. The first-order valence-electron chi connectivity index (χ1n) is 12.0. The lowest BCUT2D eigenvalue weighted by molar-refractivity contribution is -0.175. The molecule has 2 fully saturated rings. The van der Waals surface area contributed by atoms with E-state index in [0.717, 1.165) is 68.4 Å². The first-order chi connectivity index (χ1) is 15.4. The summed E-state index contributed by atoms with van der Waals surface area (Å²) in [5.41, 5.74) is 2.27. The fourth-order valence-corrected chi connectivity index (χ4v) is 5.70. The molecule has 6 nitrogen and oxygen atoms in total. The van der Waals surface area contributed by atoms with Gasteiger partial charge in [0.25, 0.3) is 0 Å². The largest absolute Gasteiger partial charge is 0.490 e. The molecule has 0 aliphatic carbocycles. The van der Waals surface area contributed by atoms with E-state index < -0.39 is 0 Å². The number of para-hydroxylation sites is 1. The molecular weight excluding hydrogens is 402 g/mol. The Balaban J connectivity index is 1.29. The number of aryl methyl sites for hydroxylation is 1. The van der Waals surface area contributed by atoms with E-state index in [-0.39, 0.29) is 17.1 Å². The number of aromatic nitrogens is 2. The van der Waals surface area contributed by atoms with Crippen LogP contribution in [-0.4, -0.2) is 46.8 Å². The van der Waals surface area contributed by atoms with Gasteiger partial charge in [0.15, 0.2) is 11.5 Å². The molecule has 2 saturated heterocycles. The van der Waals surface area contributed by atoms with Crippen LogP contribution in [0, 0.1) is 18.3 Å². The van der Waals surface area contributed by atoms with E-state index in [1.165, 1.54) is 5.56 Å². The summed E-state index contributed by atoms with van der Waals surface area (Å²) >= 11 is 0. The Morgan fingerprint density at radius 3 is 2.62 bits per heavy atom. The van der Waals surface area contributed by atoms with Gasteiger partial charge >= 0.3 is 0 Å². The van der Waals surface area contributed by atoms with Crippen molar-refractivity contribution < 1.29 is 14.2 Å². The summed E-state index contributed by atoms with van der Waals surface area (Å²) in [5.74, 6) is 2.85. The van der Waals surface area contributed by atoms with Gasteiger partial charge in [0.2, 0.25) is 0 Å². The second-order valence-electron chi connectivity index (χ2n) is 10.3. The number of piperidine rings is 1. The van der Waals surface area contributed by atoms with E-state index in [4.69, 9.17) is 14.2 Å². The van der Waals surface area contributed by atoms with E-state index in [1.54, 1.807) is 0 Å². The lowest BCUT2D eigenvalue weighted by Crippen LogP contribution is -2.54. The Bertz CT molecular complexity index is 951. The zero-order valence-electron chi connectivity index (χ0n) is 19.8. The van der Waals surface area contributed by atoms with E-state index in [0.29, 0.717) is 12.5 Å². The maximum Gasteiger partial charge on any atom is 0.167 e. The monoisotopic (exact) mass is 437 g/mol. The van der Waals surface area contributed by atoms with Crippen molar-refractivity contribution in [1.82, 2.24) is 14.9 Å². The third-order valence-corrected chi connectivity index (χ3v) is 7.62. The minimum Gasteiger partial charge on any atom is -0.490 e. The molecule has 3 aliphatic rings. The zero-order valence-corrected chi connectivity index (χ0v) is 19.8. The van der Waals surface area contributed by atoms with Gasteiger partial charge in [0, 0.05) is 36.0 Å². The first kappa shape index (κ1) is 21.7. The highest BCUT2D eigenvalue weighted by Gasteiger charge is 2.53. The number of likely N-dealkylation sites (tertiary alicyclic amines) is 1. The van der Waals surface area contributed by atoms with E-state index in [9.17, 15) is 0 Å². The Kier molecular flexibility index (Phi) is 5.62. The van der Waals surface area contributed by atoms with Crippen LogP contribution in [0.1, 0.15) is 63.1 Å². The van der Waals surface area contributed by atoms with Crippen LogP contribution in [0.4, 0.5) is 0 Å². The van der Waals surface area contributed by atoms with Crippen LogP contribution < -0.4 is 9.47 Å². The van der Waals surface area contributed by atoms with Gasteiger partial charge in [0.1, 0.15) is 11.4 Å². The summed E-state index contributed by atoms with van der Waals surface area (Å²) in [6, 6.07) is 6.20. The van der Waals surface area contributed by atoms with Crippen molar-refractivity contribution in [2.75, 3.05) is 26.3 Å². The van der Waals surface area contributed by atoms with Crippen molar-refractivity contribution in [2.24, 2.45) is 11.3 Å². The highest BCUT2D eigenvalue weighted by molar-refractivity contribution is 5.50. The fraction of sp³-hybridized carbons (Fsp3) is 0.615. The van der Waals surface area contributed by atoms with Gasteiger partial charge in [-0.1, -0.05) is 12.1 Å². The normalized spacial score (nSPS) is 26.1. The van der Waals surface area contributed by atoms with Crippen molar-refractivity contribution in [2.45, 2.75) is 65.2 Å². The molecule has 2 atom stereocenters. The van der Waals surface area contributed by atoms with Crippen LogP contribution in [0.3, 0.4) is 0 Å². The molecule has 1 aromatic heterocycles. The third kappa shape index (κ3) is 3.99. The highest BCUT2D eigenvalue weighted by Crippen LogP contribution is 2.57. The van der Waals surface area contributed by atoms with Gasteiger partial charge in [0.05, 0.1) is 19.3 Å². The van der Waals surface area contributed by atoms with Crippen LogP contribution in [-0.2, 0) is 11.3 Å². The molecule has 0 N–H and O–H groups in total. The van der Waals surface area contributed by atoms with E-state index in [2.05, 4.69) is 40.8 Å². The molecule has 0 saturated carbocycles. The predicted molar refractivity (Wildman–Crippen MR) is 123 cm³/mol. The van der Waals surface area contributed by atoms with Crippen LogP contribution in [0.5, 0.6) is 11.5 Å². The molecule has 0 unspecified atom stereocenters. The summed E-state index contributed by atoms with van der Waals surface area (Å²) in [5, 5.41) is 0. The van der Waals surface area contributed by atoms with Gasteiger partial charge in [-0.05, 0) is 71.5 Å². The molecule has 3 aliphatic heterocycles. The fourth-order valence-electron chi connectivity index (χ4n) is 5.70. The molecular formula is C26H35N3O3. The number of benzene rings is 1. The Hall–Kier alpha value is -2.18. The molecule has 0 radical (unpaired) electrons. The molecule has 4 heterocycles. The van der Waals surface area contributed by atoms with Crippen molar-refractivity contribution in [3.8, 4) is 11.5 Å². The van der Waals surface area contributed by atoms with Gasteiger partial charge in [-0.15, -0.1) is 0 Å². The predicted octanol–water partition coefficient (Wildman–Crippen LogP) is 4.71. The van der Waals surface area contributed by atoms with Gasteiger partial charge in [-0.2, -0.15) is 0 Å². The SMILES string of the molecule is CCOc1cccc2c1OC(C)(C)[C@H]1CC3(CCN(Cc4cnc(C)nc4)CC3)CO[C@H]21. The summed E-state index contributed by atoms with van der Waals surface area (Å²) in [6.07, 6.45) is 7.44. The number of ether oxygens (including phenoxy) is 3. The molecule has 6 heteroatoms. The van der Waals surface area contributed by atoms with Gasteiger partial charge < -0.3 is 14.2 Å². The van der Waals surface area contributed by atoms with Crippen molar-refractivity contribution in [3.05, 3.63) is 47.5 Å². The molecule has 5 rings (SSSR count). The molecule has 0 amide bonds. The lowest BCUT2D eigenvalue weighted by atomic mass is 9.64. The number of rotatable bonds is 4. The highest BCUT2D eigenvalue weighted by atomic mass is 16.5. The van der Waals surface area contributed by atoms with Crippen LogP contribution in [0.25, 0.3) is 0 Å². The lowest BCUT2D eigenvalue weighted by Gasteiger charge is -2.54. The summed E-state index contributed by atoms with van der Waals surface area (Å²) < 4.78 is 19.1. The Labute approximate surface area is 191 Å². The van der Waals surface area contributed by atoms with E-state index in [1.807, 2.05) is 32.3 Å². The van der Waals surface area contributed by atoms with Crippen LogP contribution in [0.2, 0.25) is 0 Å². The van der Waals surface area contributed by atoms with Crippen molar-refractivity contribution in [3.63, 3.8) is 0 Å². The average Bonchev–Trinajstić information content (AvgIpc) is 2.78. The molecule has 1 aromatic carbocycles. The van der Waals surface area contributed by atoms with Crippen molar-refractivity contribution in [1.29, 1.82) is 0 Å². The molecule has 172 valence electrons. The smallest absolute Gasteiger partial charge is 0.167 e. The first-order valence-corrected chi connectivity index (χ1v) is 12.0. The number of hydrogen-bond acceptors (Lipinski definition) is 6. The quantitative estimate of drug-likeness (QED) is 0.690. The maximum absolute atomic E-state index is 6.66.